The van der Waals surface area contributed by atoms with E-state index in [1.165, 1.54) is 4.31 Å². The normalized spacial score (nSPS) is 14.2. The van der Waals surface area contributed by atoms with E-state index in [1.54, 1.807) is 17.9 Å². The summed E-state index contributed by atoms with van der Waals surface area (Å²) in [6.45, 7) is 8.33. The number of alkyl halides is 3. The van der Waals surface area contributed by atoms with Crippen molar-refractivity contribution in [3.8, 4) is 0 Å². The van der Waals surface area contributed by atoms with Crippen LogP contribution in [0.2, 0.25) is 0 Å². The molecule has 0 atom stereocenters. The smallest absolute Gasteiger partial charge is 0.475 e. The fraction of sp³-hybridized carbons (Fsp3) is 0.417. The molecule has 0 bridgehead atoms. The number of carboxylic acids is 1. The molecule has 36 heavy (non-hydrogen) atoms. The number of carbonyl (C=O) groups is 2. The number of hydrogen-bond acceptors (Lipinski definition) is 5. The van der Waals surface area contributed by atoms with Gasteiger partial charge in [0.05, 0.1) is 11.4 Å². The molecule has 2 N–H and O–H groups in total. The third-order valence-electron chi connectivity index (χ3n) is 5.63. The molecule has 0 aliphatic carbocycles. The zero-order chi connectivity index (χ0) is 27.1. The van der Waals surface area contributed by atoms with Crippen LogP contribution in [0.4, 0.5) is 13.2 Å². The van der Waals surface area contributed by atoms with E-state index in [9.17, 15) is 26.4 Å². The molecule has 1 aliphatic heterocycles. The average Bonchev–Trinajstić information content (AvgIpc) is 2.82. The Morgan fingerprint density at radius 3 is 2.06 bits per heavy atom. The summed E-state index contributed by atoms with van der Waals surface area (Å²) < 4.78 is 60.2. The van der Waals surface area contributed by atoms with Crippen molar-refractivity contribution in [1.82, 2.24) is 14.5 Å². The summed E-state index contributed by atoms with van der Waals surface area (Å²) >= 11 is 0. The van der Waals surface area contributed by atoms with Crippen LogP contribution in [-0.4, -0.2) is 73.5 Å². The van der Waals surface area contributed by atoms with Crippen LogP contribution in [0.25, 0.3) is 0 Å². The summed E-state index contributed by atoms with van der Waals surface area (Å²) in [6, 6.07) is 13.0. The van der Waals surface area contributed by atoms with Crippen LogP contribution in [0.1, 0.15) is 22.3 Å². The molecule has 2 aromatic rings. The number of piperazine rings is 1. The summed E-state index contributed by atoms with van der Waals surface area (Å²) in [5, 5.41) is 10.3. The van der Waals surface area contributed by atoms with Gasteiger partial charge < -0.3 is 15.3 Å². The Morgan fingerprint density at radius 1 is 1.00 bits per heavy atom. The molecular formula is C24H30F3N3O5S. The predicted molar refractivity (Wildman–Crippen MR) is 128 cm³/mol. The van der Waals surface area contributed by atoms with Crippen LogP contribution in [0.5, 0.6) is 0 Å². The number of amides is 1. The Balaban J connectivity index is 0.000000572. The maximum atomic E-state index is 13.6. The van der Waals surface area contributed by atoms with Crippen molar-refractivity contribution in [2.45, 2.75) is 38.4 Å². The molecule has 1 amide bonds. The van der Waals surface area contributed by atoms with Gasteiger partial charge in [-0.1, -0.05) is 36.4 Å². The average molecular weight is 530 g/mol. The van der Waals surface area contributed by atoms with Crippen LogP contribution in [-0.2, 0) is 26.2 Å². The van der Waals surface area contributed by atoms with Crippen LogP contribution < -0.4 is 5.32 Å². The zero-order valence-corrected chi connectivity index (χ0v) is 21.1. The van der Waals surface area contributed by atoms with Crippen molar-refractivity contribution >= 4 is 21.9 Å². The molecule has 0 radical (unpaired) electrons. The third-order valence-corrected chi connectivity index (χ3v) is 7.57. The van der Waals surface area contributed by atoms with E-state index in [1.807, 2.05) is 50.2 Å². The highest BCUT2D eigenvalue weighted by atomic mass is 32.2. The zero-order valence-electron chi connectivity index (χ0n) is 20.3. The van der Waals surface area contributed by atoms with Gasteiger partial charge in [-0.2, -0.15) is 17.5 Å². The van der Waals surface area contributed by atoms with Crippen molar-refractivity contribution in [3.05, 3.63) is 64.7 Å². The van der Waals surface area contributed by atoms with Gasteiger partial charge in [0.2, 0.25) is 15.9 Å². The van der Waals surface area contributed by atoms with Gasteiger partial charge in [-0.15, -0.1) is 0 Å². The number of carbonyl (C=O) groups excluding carboxylic acids is 1. The van der Waals surface area contributed by atoms with Gasteiger partial charge in [-0.3, -0.25) is 4.79 Å². The van der Waals surface area contributed by atoms with E-state index in [2.05, 4.69) is 5.32 Å². The SMILES string of the molecule is Cc1cc(C)c(S(=O)(=O)N(CC(=O)N2CCNCC2)Cc2ccccc2)cc1C.O=C(O)C(F)(F)F. The fourth-order valence-electron chi connectivity index (χ4n) is 3.53. The molecule has 2 aromatic carbocycles. The lowest BCUT2D eigenvalue weighted by atomic mass is 10.1. The van der Waals surface area contributed by atoms with E-state index in [4.69, 9.17) is 9.90 Å². The largest absolute Gasteiger partial charge is 0.490 e. The number of nitrogens with zero attached hydrogens (tertiary/aromatic N) is 2. The molecule has 0 saturated carbocycles. The highest BCUT2D eigenvalue weighted by molar-refractivity contribution is 7.89. The van der Waals surface area contributed by atoms with Crippen LogP contribution >= 0.6 is 0 Å². The Labute approximate surface area is 208 Å². The van der Waals surface area contributed by atoms with Crippen molar-refractivity contribution in [2.75, 3.05) is 32.7 Å². The molecule has 8 nitrogen and oxygen atoms in total. The minimum atomic E-state index is -5.08. The molecule has 1 saturated heterocycles. The summed E-state index contributed by atoms with van der Waals surface area (Å²) in [4.78, 5) is 23.8. The van der Waals surface area contributed by atoms with E-state index in [0.29, 0.717) is 18.7 Å². The first-order chi connectivity index (χ1) is 16.7. The van der Waals surface area contributed by atoms with Crippen molar-refractivity contribution in [2.24, 2.45) is 0 Å². The predicted octanol–water partition coefficient (Wildman–Crippen LogP) is 2.87. The number of carboxylic acid groups (broad SMARTS) is 1. The number of aryl methyl sites for hydroxylation is 3. The second kappa shape index (κ2) is 12.3. The molecule has 1 aliphatic rings. The second-order valence-electron chi connectivity index (χ2n) is 8.39. The van der Waals surface area contributed by atoms with Gasteiger partial charge in [0.15, 0.2) is 0 Å². The molecule has 0 spiro atoms. The summed E-state index contributed by atoms with van der Waals surface area (Å²) in [7, 11) is -3.83. The number of sulfonamides is 1. The fourth-order valence-corrected chi connectivity index (χ4v) is 5.20. The lowest BCUT2D eigenvalue weighted by Crippen LogP contribution is -2.50. The number of rotatable bonds is 6. The van der Waals surface area contributed by atoms with E-state index in [-0.39, 0.29) is 23.9 Å². The Kier molecular flexibility index (Phi) is 10.0. The van der Waals surface area contributed by atoms with Crippen LogP contribution in [0.3, 0.4) is 0 Å². The quantitative estimate of drug-likeness (QED) is 0.596. The van der Waals surface area contributed by atoms with E-state index >= 15 is 0 Å². The monoisotopic (exact) mass is 529 g/mol. The molecule has 0 aromatic heterocycles. The first-order valence-electron chi connectivity index (χ1n) is 11.1. The summed E-state index contributed by atoms with van der Waals surface area (Å²) in [5.74, 6) is -2.92. The molecule has 1 fully saturated rings. The third kappa shape index (κ3) is 8.04. The van der Waals surface area contributed by atoms with Crippen LogP contribution in [0.15, 0.2) is 47.4 Å². The minimum Gasteiger partial charge on any atom is -0.475 e. The number of aliphatic carboxylic acids is 1. The highest BCUT2D eigenvalue weighted by Crippen LogP contribution is 2.25. The topological polar surface area (TPSA) is 107 Å². The maximum absolute atomic E-state index is 13.6. The minimum absolute atomic E-state index is 0.160. The van der Waals surface area contributed by atoms with Crippen molar-refractivity contribution in [3.63, 3.8) is 0 Å². The molecule has 3 rings (SSSR count). The van der Waals surface area contributed by atoms with Gasteiger partial charge in [-0.05, 0) is 49.1 Å². The van der Waals surface area contributed by atoms with Crippen molar-refractivity contribution in [1.29, 1.82) is 0 Å². The first-order valence-corrected chi connectivity index (χ1v) is 12.6. The molecule has 0 unspecified atom stereocenters. The molecule has 1 heterocycles. The molecule has 12 heteroatoms. The van der Waals surface area contributed by atoms with Crippen molar-refractivity contribution < 1.29 is 36.3 Å². The van der Waals surface area contributed by atoms with Gasteiger partial charge in [0.1, 0.15) is 0 Å². The van der Waals surface area contributed by atoms with Gasteiger partial charge in [-0.25, -0.2) is 13.2 Å². The number of benzene rings is 2. The standard InChI is InChI=1S/C22H29N3O3S.C2HF3O2/c1-17-13-19(3)21(14-18(17)2)29(27,28)25(15-20-7-5-4-6-8-20)16-22(26)24-11-9-23-10-12-24;3-2(4,5)1(6)7/h4-8,13-14,23H,9-12,15-16H2,1-3H3;(H,6,7). The van der Waals surface area contributed by atoms with Gasteiger partial charge in [0, 0.05) is 32.7 Å². The second-order valence-corrected chi connectivity index (χ2v) is 10.3. The van der Waals surface area contributed by atoms with Gasteiger partial charge >= 0.3 is 12.1 Å². The Hall–Kier alpha value is -2.96. The number of halogens is 3. The summed E-state index contributed by atoms with van der Waals surface area (Å²) in [5.41, 5.74) is 3.52. The van der Waals surface area contributed by atoms with E-state index in [0.717, 1.165) is 29.8 Å². The highest BCUT2D eigenvalue weighted by Gasteiger charge is 2.38. The number of nitrogens with one attached hydrogen (secondary N) is 1. The van der Waals surface area contributed by atoms with Gasteiger partial charge in [0.25, 0.3) is 0 Å². The lowest BCUT2D eigenvalue weighted by molar-refractivity contribution is -0.192. The Morgan fingerprint density at radius 2 is 1.53 bits per heavy atom. The lowest BCUT2D eigenvalue weighted by Gasteiger charge is -2.30. The maximum Gasteiger partial charge on any atom is 0.490 e. The number of hydrogen-bond donors (Lipinski definition) is 2. The summed E-state index contributed by atoms with van der Waals surface area (Å²) in [6.07, 6.45) is -5.08. The van der Waals surface area contributed by atoms with E-state index < -0.39 is 22.2 Å². The van der Waals surface area contributed by atoms with Crippen LogP contribution in [0, 0.1) is 20.8 Å². The first kappa shape index (κ1) is 29.3. The molecular weight excluding hydrogens is 499 g/mol. The molecule has 198 valence electrons. The Bertz CT molecular complexity index is 1170.